The molecule has 2 fully saturated rings. The number of rotatable bonds is 8. The highest BCUT2D eigenvalue weighted by atomic mass is 19.1. The van der Waals surface area contributed by atoms with Crippen molar-refractivity contribution in [1.82, 2.24) is 15.1 Å². The van der Waals surface area contributed by atoms with E-state index in [-0.39, 0.29) is 34.9 Å². The summed E-state index contributed by atoms with van der Waals surface area (Å²) in [6.45, 7) is 9.41. The van der Waals surface area contributed by atoms with Crippen molar-refractivity contribution in [2.75, 3.05) is 38.0 Å². The highest BCUT2D eigenvalue weighted by Crippen LogP contribution is 2.44. The molecule has 2 aromatic rings. The Morgan fingerprint density at radius 2 is 1.74 bits per heavy atom. The maximum atomic E-state index is 14.7. The van der Waals surface area contributed by atoms with Crippen molar-refractivity contribution < 1.29 is 18.8 Å². The number of nitrogens with zero attached hydrogens (tertiary/aromatic N) is 3. The van der Waals surface area contributed by atoms with Gasteiger partial charge in [0.1, 0.15) is 5.82 Å². The molecule has 1 aliphatic heterocycles. The molecule has 4 rings (SSSR count). The van der Waals surface area contributed by atoms with Crippen LogP contribution in [0.1, 0.15) is 66.3 Å². The molecule has 0 aromatic heterocycles. The minimum Gasteiger partial charge on any atom is -0.336 e. The van der Waals surface area contributed by atoms with Crippen LogP contribution in [0.5, 0.6) is 0 Å². The van der Waals surface area contributed by atoms with Crippen LogP contribution >= 0.6 is 0 Å². The smallest absolute Gasteiger partial charge is 0.319 e. The fraction of sp³-hybridized carbons (Fsp3) is 0.467. The van der Waals surface area contributed by atoms with Gasteiger partial charge in [-0.1, -0.05) is 39.0 Å². The third-order valence-corrected chi connectivity index (χ3v) is 7.15. The van der Waals surface area contributed by atoms with Gasteiger partial charge in [0.25, 0.3) is 5.91 Å². The van der Waals surface area contributed by atoms with Crippen molar-refractivity contribution in [2.24, 2.45) is 10.8 Å². The minimum atomic E-state index is -0.697. The van der Waals surface area contributed by atoms with Crippen LogP contribution < -0.4 is 10.6 Å². The first-order valence-corrected chi connectivity index (χ1v) is 13.4. The number of halogens is 1. The number of nitriles is 1. The number of benzene rings is 2. The van der Waals surface area contributed by atoms with E-state index in [2.05, 4.69) is 42.4 Å². The lowest BCUT2D eigenvalue weighted by Crippen LogP contribution is -2.48. The van der Waals surface area contributed by atoms with Crippen molar-refractivity contribution in [1.29, 1.82) is 5.26 Å². The molecule has 206 valence electrons. The first-order valence-electron chi connectivity index (χ1n) is 13.4. The van der Waals surface area contributed by atoms with Crippen molar-refractivity contribution >= 4 is 23.4 Å². The molecule has 9 heteroatoms. The monoisotopic (exact) mass is 533 g/mol. The van der Waals surface area contributed by atoms with Gasteiger partial charge in [-0.15, -0.1) is 0 Å². The van der Waals surface area contributed by atoms with Gasteiger partial charge in [-0.3, -0.25) is 14.5 Å². The first-order chi connectivity index (χ1) is 18.5. The molecule has 2 N–H and O–H groups in total. The second-order valence-corrected chi connectivity index (χ2v) is 11.8. The molecule has 1 saturated heterocycles. The Hall–Kier alpha value is -3.77. The zero-order chi connectivity index (χ0) is 28.2. The summed E-state index contributed by atoms with van der Waals surface area (Å²) in [4.78, 5) is 41.7. The van der Waals surface area contributed by atoms with Gasteiger partial charge in [-0.05, 0) is 48.1 Å². The third kappa shape index (κ3) is 7.64. The van der Waals surface area contributed by atoms with E-state index in [9.17, 15) is 18.8 Å². The number of piperazine rings is 1. The van der Waals surface area contributed by atoms with E-state index in [0.717, 1.165) is 30.0 Å². The SMILES string of the molecule is CC(C)(C)CC(=O)c1cccc(CN2CCN(C(=O)c3ccc(NC(=O)NCC4(C#N)CC4)c(F)c3)CC2)c1. The maximum Gasteiger partial charge on any atom is 0.319 e. The molecular weight excluding hydrogens is 497 g/mol. The van der Waals surface area contributed by atoms with E-state index in [1.807, 2.05) is 24.3 Å². The molecule has 2 aliphatic rings. The van der Waals surface area contributed by atoms with Gasteiger partial charge in [0.05, 0.1) is 17.2 Å². The summed E-state index contributed by atoms with van der Waals surface area (Å²) >= 11 is 0. The van der Waals surface area contributed by atoms with Crippen LogP contribution in [0.25, 0.3) is 0 Å². The molecule has 1 aliphatic carbocycles. The number of nitrogens with one attached hydrogen (secondary N) is 2. The molecule has 0 radical (unpaired) electrons. The van der Waals surface area contributed by atoms with Crippen LogP contribution in [0.15, 0.2) is 42.5 Å². The second kappa shape index (κ2) is 11.5. The van der Waals surface area contributed by atoms with E-state index >= 15 is 0 Å². The average molecular weight is 534 g/mol. The topological polar surface area (TPSA) is 106 Å². The van der Waals surface area contributed by atoms with Crippen molar-refractivity contribution in [3.05, 3.63) is 65.0 Å². The summed E-state index contributed by atoms with van der Waals surface area (Å²) in [5, 5.41) is 14.1. The molecule has 8 nitrogen and oxygen atoms in total. The number of Topliss-reactive ketones (excluding diaryl/α,β-unsaturated/α-hetero) is 1. The molecular formula is C30H36FN5O3. The molecule has 1 saturated carbocycles. The summed E-state index contributed by atoms with van der Waals surface area (Å²) in [5.74, 6) is -0.819. The number of carbonyl (C=O) groups is 3. The second-order valence-electron chi connectivity index (χ2n) is 11.8. The summed E-state index contributed by atoms with van der Waals surface area (Å²) in [5.41, 5.74) is 1.41. The fourth-order valence-corrected chi connectivity index (χ4v) is 4.62. The summed E-state index contributed by atoms with van der Waals surface area (Å²) in [6.07, 6.45) is 1.98. The van der Waals surface area contributed by atoms with Crippen molar-refractivity contribution in [3.8, 4) is 6.07 Å². The molecule has 3 amide bonds. The van der Waals surface area contributed by atoms with Gasteiger partial charge in [0.2, 0.25) is 0 Å². The number of hydrogen-bond donors (Lipinski definition) is 2. The summed E-state index contributed by atoms with van der Waals surface area (Å²) in [6, 6.07) is 13.4. The quantitative estimate of drug-likeness (QED) is 0.473. The highest BCUT2D eigenvalue weighted by molar-refractivity contribution is 5.97. The van der Waals surface area contributed by atoms with Crippen LogP contribution in [0.3, 0.4) is 0 Å². The average Bonchev–Trinajstić information content (AvgIpc) is 3.68. The maximum absolute atomic E-state index is 14.7. The van der Waals surface area contributed by atoms with Crippen LogP contribution in [0.2, 0.25) is 0 Å². The Bertz CT molecular complexity index is 1280. The van der Waals surface area contributed by atoms with Gasteiger partial charge in [-0.2, -0.15) is 5.26 Å². The molecule has 0 atom stereocenters. The predicted molar refractivity (Wildman–Crippen MR) is 147 cm³/mol. The molecule has 0 unspecified atom stereocenters. The van der Waals surface area contributed by atoms with E-state index in [1.165, 1.54) is 12.1 Å². The lowest BCUT2D eigenvalue weighted by molar-refractivity contribution is 0.0627. The lowest BCUT2D eigenvalue weighted by Gasteiger charge is -2.35. The number of amides is 3. The van der Waals surface area contributed by atoms with Crippen LogP contribution in [-0.2, 0) is 6.54 Å². The first kappa shape index (κ1) is 28.2. The van der Waals surface area contributed by atoms with Gasteiger partial charge in [-0.25, -0.2) is 9.18 Å². The number of carbonyl (C=O) groups excluding carboxylic acids is 3. The summed E-state index contributed by atoms with van der Waals surface area (Å²) in [7, 11) is 0. The Kier molecular flexibility index (Phi) is 8.36. The molecule has 2 aromatic carbocycles. The molecule has 1 heterocycles. The van der Waals surface area contributed by atoms with Gasteiger partial charge in [0, 0.05) is 56.8 Å². The standard InChI is InChI=1S/C30H36FN5O3/c1-29(2,3)17-26(37)22-6-4-5-21(15-22)18-35-11-13-36(14-12-35)27(38)23-7-8-25(24(31)16-23)34-28(39)33-20-30(19-32)9-10-30/h4-8,15-16H,9-14,17-18,20H2,1-3H3,(H2,33,34,39). The minimum absolute atomic E-state index is 0.0288. The Balaban J connectivity index is 1.27. The van der Waals surface area contributed by atoms with Crippen molar-refractivity contribution in [3.63, 3.8) is 0 Å². The number of ketones is 1. The molecule has 39 heavy (non-hydrogen) atoms. The van der Waals surface area contributed by atoms with Gasteiger partial charge in [0.15, 0.2) is 5.78 Å². The van der Waals surface area contributed by atoms with Crippen LogP contribution in [0.4, 0.5) is 14.9 Å². The Morgan fingerprint density at radius 3 is 2.36 bits per heavy atom. The van der Waals surface area contributed by atoms with Crippen LogP contribution in [-0.4, -0.2) is 60.2 Å². The zero-order valence-electron chi connectivity index (χ0n) is 22.8. The molecule has 0 bridgehead atoms. The van der Waals surface area contributed by atoms with E-state index in [1.54, 1.807) is 4.90 Å². The largest absolute Gasteiger partial charge is 0.336 e. The van der Waals surface area contributed by atoms with Crippen molar-refractivity contribution in [2.45, 2.75) is 46.6 Å². The number of anilines is 1. The van der Waals surface area contributed by atoms with Crippen LogP contribution in [0, 0.1) is 28.0 Å². The fourth-order valence-electron chi connectivity index (χ4n) is 4.62. The zero-order valence-corrected chi connectivity index (χ0v) is 22.8. The lowest BCUT2D eigenvalue weighted by atomic mass is 9.87. The number of urea groups is 1. The predicted octanol–water partition coefficient (Wildman–Crippen LogP) is 4.83. The normalized spacial score (nSPS) is 16.7. The Labute approximate surface area is 229 Å². The third-order valence-electron chi connectivity index (χ3n) is 7.15. The van der Waals surface area contributed by atoms with Gasteiger partial charge >= 0.3 is 6.03 Å². The highest BCUT2D eigenvalue weighted by Gasteiger charge is 2.43. The molecule has 0 spiro atoms. The van der Waals surface area contributed by atoms with E-state index in [0.29, 0.717) is 39.1 Å². The van der Waals surface area contributed by atoms with E-state index in [4.69, 9.17) is 5.26 Å². The van der Waals surface area contributed by atoms with Gasteiger partial charge < -0.3 is 15.5 Å². The van der Waals surface area contributed by atoms with E-state index < -0.39 is 17.3 Å². The number of hydrogen-bond acceptors (Lipinski definition) is 5. The summed E-state index contributed by atoms with van der Waals surface area (Å²) < 4.78 is 14.7. The Morgan fingerprint density at radius 1 is 1.03 bits per heavy atom.